The average Bonchev–Trinajstić information content (AvgIpc) is 2.40. The summed E-state index contributed by atoms with van der Waals surface area (Å²) >= 11 is 3.21. The second-order valence-electron chi connectivity index (χ2n) is 4.82. The Bertz CT molecular complexity index is 388. The van der Waals surface area contributed by atoms with Crippen molar-refractivity contribution in [3.05, 3.63) is 17.0 Å². The van der Waals surface area contributed by atoms with Crippen LogP contribution in [-0.4, -0.2) is 15.9 Å². The molecule has 18 heavy (non-hydrogen) atoms. The number of aromatic nitrogens is 2. The zero-order chi connectivity index (χ0) is 12.8. The molecule has 98 valence electrons. The maximum atomic E-state index is 11.7. The fourth-order valence-corrected chi connectivity index (χ4v) is 2.60. The maximum absolute atomic E-state index is 11.7. The number of carbonyl (C=O) groups is 1. The van der Waals surface area contributed by atoms with Gasteiger partial charge in [0.05, 0.1) is 12.4 Å². The van der Waals surface area contributed by atoms with Crippen molar-refractivity contribution in [3.63, 3.8) is 0 Å². The number of nitrogens with one attached hydrogen (secondary N) is 1. The molecule has 0 radical (unpaired) electrons. The molecule has 1 aliphatic carbocycles. The van der Waals surface area contributed by atoms with E-state index < -0.39 is 0 Å². The minimum atomic E-state index is 0.0391. The second-order valence-corrected chi connectivity index (χ2v) is 5.63. The minimum absolute atomic E-state index is 0.0391. The molecule has 1 fully saturated rings. The molecule has 0 aromatic carbocycles. The van der Waals surface area contributed by atoms with Crippen LogP contribution >= 0.6 is 15.9 Å². The molecule has 4 nitrogen and oxygen atoms in total. The third-order valence-corrected chi connectivity index (χ3v) is 3.80. The number of nitrogens with zero attached hydrogens (tertiary/aromatic N) is 2. The first-order chi connectivity index (χ1) is 8.74. The van der Waals surface area contributed by atoms with Gasteiger partial charge in [-0.15, -0.1) is 0 Å². The molecule has 1 heterocycles. The molecule has 0 aliphatic heterocycles. The van der Waals surface area contributed by atoms with Crippen molar-refractivity contribution in [3.8, 4) is 0 Å². The Morgan fingerprint density at radius 2 is 2.06 bits per heavy atom. The van der Waals surface area contributed by atoms with Crippen LogP contribution in [0.2, 0.25) is 0 Å². The first-order valence-corrected chi connectivity index (χ1v) is 7.31. The van der Waals surface area contributed by atoms with Crippen molar-refractivity contribution >= 4 is 27.7 Å². The van der Waals surface area contributed by atoms with Crippen LogP contribution in [0, 0.1) is 5.92 Å². The average molecular weight is 312 g/mol. The van der Waals surface area contributed by atoms with Gasteiger partial charge in [0.15, 0.2) is 5.82 Å². The molecule has 1 aliphatic rings. The van der Waals surface area contributed by atoms with Gasteiger partial charge < -0.3 is 5.32 Å². The SMILES string of the molecule is O=C(CCC1CCCCC1)Nc1cnc(Br)cn1. The van der Waals surface area contributed by atoms with Crippen LogP contribution in [-0.2, 0) is 4.79 Å². The van der Waals surface area contributed by atoms with E-state index in [2.05, 4.69) is 31.2 Å². The molecule has 1 aromatic heterocycles. The largest absolute Gasteiger partial charge is 0.309 e. The first-order valence-electron chi connectivity index (χ1n) is 6.51. The molecular formula is C13H18BrN3O. The van der Waals surface area contributed by atoms with Crippen LogP contribution in [0.15, 0.2) is 17.0 Å². The summed E-state index contributed by atoms with van der Waals surface area (Å²) in [5, 5.41) is 2.78. The van der Waals surface area contributed by atoms with Crippen LogP contribution in [0.25, 0.3) is 0 Å². The summed E-state index contributed by atoms with van der Waals surface area (Å²) in [5.41, 5.74) is 0. The third kappa shape index (κ3) is 4.37. The summed E-state index contributed by atoms with van der Waals surface area (Å²) in [5.74, 6) is 1.30. The summed E-state index contributed by atoms with van der Waals surface area (Å²) in [7, 11) is 0. The number of hydrogen-bond donors (Lipinski definition) is 1. The molecule has 0 bridgehead atoms. The number of hydrogen-bond acceptors (Lipinski definition) is 3. The van der Waals surface area contributed by atoms with Gasteiger partial charge in [-0.1, -0.05) is 32.1 Å². The van der Waals surface area contributed by atoms with E-state index in [0.29, 0.717) is 16.8 Å². The van der Waals surface area contributed by atoms with E-state index in [9.17, 15) is 4.79 Å². The van der Waals surface area contributed by atoms with E-state index in [0.717, 1.165) is 12.3 Å². The van der Waals surface area contributed by atoms with Crippen LogP contribution in [0.5, 0.6) is 0 Å². The van der Waals surface area contributed by atoms with E-state index in [1.807, 2.05) is 0 Å². The summed E-state index contributed by atoms with van der Waals surface area (Å²) < 4.78 is 0.669. The van der Waals surface area contributed by atoms with Crippen LogP contribution in [0.3, 0.4) is 0 Å². The Balaban J connectivity index is 1.73. The van der Waals surface area contributed by atoms with E-state index in [1.165, 1.54) is 32.1 Å². The smallest absolute Gasteiger partial charge is 0.225 e. The minimum Gasteiger partial charge on any atom is -0.309 e. The Morgan fingerprint density at radius 3 is 2.72 bits per heavy atom. The van der Waals surface area contributed by atoms with Gasteiger partial charge in [-0.2, -0.15) is 0 Å². The molecule has 1 aromatic rings. The van der Waals surface area contributed by atoms with Gasteiger partial charge in [-0.25, -0.2) is 9.97 Å². The highest BCUT2D eigenvalue weighted by Gasteiger charge is 2.14. The fraction of sp³-hybridized carbons (Fsp3) is 0.615. The topological polar surface area (TPSA) is 54.9 Å². The van der Waals surface area contributed by atoms with E-state index >= 15 is 0 Å². The normalized spacial score (nSPS) is 16.5. The number of anilines is 1. The highest BCUT2D eigenvalue weighted by atomic mass is 79.9. The molecule has 0 atom stereocenters. The molecule has 0 saturated heterocycles. The van der Waals surface area contributed by atoms with Crippen LogP contribution < -0.4 is 5.32 Å². The lowest BCUT2D eigenvalue weighted by molar-refractivity contribution is -0.116. The molecular weight excluding hydrogens is 294 g/mol. The van der Waals surface area contributed by atoms with Crippen molar-refractivity contribution in [2.24, 2.45) is 5.92 Å². The monoisotopic (exact) mass is 311 g/mol. The van der Waals surface area contributed by atoms with Gasteiger partial charge >= 0.3 is 0 Å². The van der Waals surface area contributed by atoms with E-state index in [1.54, 1.807) is 12.4 Å². The predicted molar refractivity (Wildman–Crippen MR) is 74.2 cm³/mol. The zero-order valence-corrected chi connectivity index (χ0v) is 11.9. The highest BCUT2D eigenvalue weighted by Crippen LogP contribution is 2.27. The lowest BCUT2D eigenvalue weighted by atomic mass is 9.86. The predicted octanol–water partition coefficient (Wildman–Crippen LogP) is 3.54. The summed E-state index contributed by atoms with van der Waals surface area (Å²) in [4.78, 5) is 19.8. The van der Waals surface area contributed by atoms with Gasteiger partial charge in [0, 0.05) is 6.42 Å². The van der Waals surface area contributed by atoms with Crippen molar-refractivity contribution < 1.29 is 4.79 Å². The van der Waals surface area contributed by atoms with Gasteiger partial charge in [0.1, 0.15) is 4.60 Å². The van der Waals surface area contributed by atoms with E-state index in [4.69, 9.17) is 0 Å². The van der Waals surface area contributed by atoms with Crippen molar-refractivity contribution in [1.82, 2.24) is 9.97 Å². The molecule has 0 spiro atoms. The van der Waals surface area contributed by atoms with Crippen molar-refractivity contribution in [1.29, 1.82) is 0 Å². The highest BCUT2D eigenvalue weighted by molar-refractivity contribution is 9.10. The number of rotatable bonds is 4. The van der Waals surface area contributed by atoms with Gasteiger partial charge in [-0.05, 0) is 28.3 Å². The van der Waals surface area contributed by atoms with Crippen molar-refractivity contribution in [2.45, 2.75) is 44.9 Å². The Hall–Kier alpha value is -0.970. The van der Waals surface area contributed by atoms with Gasteiger partial charge in [0.2, 0.25) is 5.91 Å². The Kier molecular flexibility index (Phi) is 5.11. The Labute approximate surface area is 116 Å². The summed E-state index contributed by atoms with van der Waals surface area (Å²) in [6.07, 6.45) is 11.3. The molecule has 5 heteroatoms. The second kappa shape index (κ2) is 6.83. The number of amides is 1. The van der Waals surface area contributed by atoms with Gasteiger partial charge in [-0.3, -0.25) is 4.79 Å². The summed E-state index contributed by atoms with van der Waals surface area (Å²) in [6, 6.07) is 0. The molecule has 0 unspecified atom stereocenters. The third-order valence-electron chi connectivity index (χ3n) is 3.39. The van der Waals surface area contributed by atoms with Crippen LogP contribution in [0.1, 0.15) is 44.9 Å². The fourth-order valence-electron chi connectivity index (χ4n) is 2.39. The molecule has 1 amide bonds. The van der Waals surface area contributed by atoms with Crippen LogP contribution in [0.4, 0.5) is 5.82 Å². The molecule has 1 saturated carbocycles. The Morgan fingerprint density at radius 1 is 1.28 bits per heavy atom. The van der Waals surface area contributed by atoms with Crippen molar-refractivity contribution in [2.75, 3.05) is 5.32 Å². The first kappa shape index (κ1) is 13.5. The van der Waals surface area contributed by atoms with E-state index in [-0.39, 0.29) is 5.91 Å². The lowest BCUT2D eigenvalue weighted by Crippen LogP contribution is -2.15. The van der Waals surface area contributed by atoms with Gasteiger partial charge in [0.25, 0.3) is 0 Å². The summed E-state index contributed by atoms with van der Waals surface area (Å²) in [6.45, 7) is 0. The zero-order valence-electron chi connectivity index (χ0n) is 10.4. The standard InChI is InChI=1S/C13H18BrN3O/c14-11-8-16-12(9-15-11)17-13(18)7-6-10-4-2-1-3-5-10/h8-10H,1-7H2,(H,16,17,18). The maximum Gasteiger partial charge on any atom is 0.225 e. The molecule has 2 rings (SSSR count). The molecule has 1 N–H and O–H groups in total. The quantitative estimate of drug-likeness (QED) is 0.925. The number of halogens is 1. The lowest BCUT2D eigenvalue weighted by Gasteiger charge is -2.20. The number of carbonyl (C=O) groups excluding carboxylic acids is 1.